The van der Waals surface area contributed by atoms with Gasteiger partial charge in [-0.3, -0.25) is 4.79 Å². The number of hydrogen-bond donors (Lipinski definition) is 2. The summed E-state index contributed by atoms with van der Waals surface area (Å²) >= 11 is 0. The Kier molecular flexibility index (Phi) is 7.23. The smallest absolute Gasteiger partial charge is 0.220 e. The van der Waals surface area contributed by atoms with E-state index in [9.17, 15) is 4.79 Å². The molecule has 0 aliphatic rings. The molecule has 1 aromatic rings. The number of amides is 1. The van der Waals surface area contributed by atoms with E-state index in [2.05, 4.69) is 19.2 Å². The molecule has 4 heteroatoms. The summed E-state index contributed by atoms with van der Waals surface area (Å²) in [5, 5.41) is 3.03. The van der Waals surface area contributed by atoms with Crippen LogP contribution >= 0.6 is 0 Å². The van der Waals surface area contributed by atoms with Crippen molar-refractivity contribution in [3.63, 3.8) is 0 Å². The van der Waals surface area contributed by atoms with Gasteiger partial charge >= 0.3 is 0 Å². The quantitative estimate of drug-likeness (QED) is 0.774. The minimum atomic E-state index is -0.0777. The Balaban J connectivity index is 2.61. The molecule has 0 radical (unpaired) electrons. The number of nitrogens with two attached hydrogens (primary N) is 1. The summed E-state index contributed by atoms with van der Waals surface area (Å²) in [5.74, 6) is 1.64. The molecular formula is C17H28N2O2. The van der Waals surface area contributed by atoms with E-state index >= 15 is 0 Å². The average Bonchev–Trinajstić information content (AvgIpc) is 2.45. The van der Waals surface area contributed by atoms with Crippen LogP contribution in [0.5, 0.6) is 5.75 Å². The summed E-state index contributed by atoms with van der Waals surface area (Å²) in [6, 6.07) is 7.66. The van der Waals surface area contributed by atoms with Gasteiger partial charge in [-0.15, -0.1) is 0 Å². The zero-order valence-corrected chi connectivity index (χ0v) is 13.6. The van der Waals surface area contributed by atoms with Gasteiger partial charge in [0.05, 0.1) is 13.2 Å². The highest BCUT2D eigenvalue weighted by atomic mass is 16.5. The van der Waals surface area contributed by atoms with Crippen molar-refractivity contribution in [3.8, 4) is 5.75 Å². The summed E-state index contributed by atoms with van der Waals surface area (Å²) in [6.45, 7) is 6.82. The van der Waals surface area contributed by atoms with E-state index in [1.165, 1.54) is 0 Å². The first-order valence-corrected chi connectivity index (χ1v) is 7.60. The fourth-order valence-electron chi connectivity index (χ4n) is 2.59. The lowest BCUT2D eigenvalue weighted by atomic mass is 9.94. The third-order valence-electron chi connectivity index (χ3n) is 3.60. The highest BCUT2D eigenvalue weighted by molar-refractivity contribution is 5.76. The van der Waals surface area contributed by atoms with Crippen molar-refractivity contribution < 1.29 is 9.53 Å². The second-order valence-corrected chi connectivity index (χ2v) is 5.97. The molecule has 0 heterocycles. The number of ether oxygens (including phenoxy) is 1. The first kappa shape index (κ1) is 17.5. The molecule has 0 aliphatic heterocycles. The van der Waals surface area contributed by atoms with Crippen LogP contribution in [0.1, 0.15) is 45.2 Å². The van der Waals surface area contributed by atoms with E-state index < -0.39 is 0 Å². The van der Waals surface area contributed by atoms with Gasteiger partial charge in [0.1, 0.15) is 5.75 Å². The van der Waals surface area contributed by atoms with Gasteiger partial charge in [0.25, 0.3) is 0 Å². The Morgan fingerprint density at radius 1 is 1.29 bits per heavy atom. The lowest BCUT2D eigenvalue weighted by Gasteiger charge is -2.20. The molecule has 1 aromatic carbocycles. The van der Waals surface area contributed by atoms with Gasteiger partial charge in [0.15, 0.2) is 0 Å². The molecule has 21 heavy (non-hydrogen) atoms. The summed E-state index contributed by atoms with van der Waals surface area (Å²) in [6.07, 6.45) is 1.46. The van der Waals surface area contributed by atoms with E-state index in [1.54, 1.807) is 7.11 Å². The fourth-order valence-corrected chi connectivity index (χ4v) is 2.59. The topological polar surface area (TPSA) is 64.3 Å². The lowest BCUT2D eigenvalue weighted by Crippen LogP contribution is -2.31. The molecule has 1 rings (SSSR count). The van der Waals surface area contributed by atoms with Crippen molar-refractivity contribution >= 4 is 5.91 Å². The third kappa shape index (κ3) is 5.76. The van der Waals surface area contributed by atoms with Crippen molar-refractivity contribution in [2.24, 2.45) is 17.6 Å². The third-order valence-corrected chi connectivity index (χ3v) is 3.60. The highest BCUT2D eigenvalue weighted by Crippen LogP contribution is 2.24. The Morgan fingerprint density at radius 2 is 1.95 bits per heavy atom. The van der Waals surface area contributed by atoms with Gasteiger partial charge in [-0.2, -0.15) is 0 Å². The first-order chi connectivity index (χ1) is 9.97. The van der Waals surface area contributed by atoms with Gasteiger partial charge in [-0.25, -0.2) is 0 Å². The molecule has 118 valence electrons. The monoisotopic (exact) mass is 292 g/mol. The van der Waals surface area contributed by atoms with E-state index in [0.717, 1.165) is 17.7 Å². The van der Waals surface area contributed by atoms with Crippen LogP contribution in [0, 0.1) is 11.8 Å². The molecule has 0 aromatic heterocycles. The molecule has 0 saturated heterocycles. The van der Waals surface area contributed by atoms with Crippen LogP contribution in [0.25, 0.3) is 0 Å². The second kappa shape index (κ2) is 8.67. The maximum absolute atomic E-state index is 12.2. The minimum Gasteiger partial charge on any atom is -0.496 e. The molecule has 0 aliphatic carbocycles. The normalized spacial score (nSPS) is 13.8. The zero-order chi connectivity index (χ0) is 15.8. The number of hydrogen-bond acceptors (Lipinski definition) is 3. The average molecular weight is 292 g/mol. The zero-order valence-electron chi connectivity index (χ0n) is 13.6. The molecule has 1 unspecified atom stereocenters. The molecule has 0 bridgehead atoms. The number of para-hydroxylation sites is 1. The van der Waals surface area contributed by atoms with Crippen LogP contribution in [-0.2, 0) is 4.79 Å². The number of benzene rings is 1. The van der Waals surface area contributed by atoms with Crippen molar-refractivity contribution in [3.05, 3.63) is 29.8 Å². The van der Waals surface area contributed by atoms with Gasteiger partial charge in [0, 0.05) is 12.0 Å². The fraction of sp³-hybridized carbons (Fsp3) is 0.588. The van der Waals surface area contributed by atoms with E-state index in [0.29, 0.717) is 18.9 Å². The summed E-state index contributed by atoms with van der Waals surface area (Å²) in [4.78, 5) is 12.2. The van der Waals surface area contributed by atoms with Crippen LogP contribution in [0.3, 0.4) is 0 Å². The SMILES string of the molecule is COc1ccccc1[C@H](C)NC(=O)CC(CN)CC(C)C. The van der Waals surface area contributed by atoms with Crippen LogP contribution in [0.4, 0.5) is 0 Å². The van der Waals surface area contributed by atoms with E-state index in [1.807, 2.05) is 31.2 Å². The summed E-state index contributed by atoms with van der Waals surface area (Å²) in [5.41, 5.74) is 6.74. The van der Waals surface area contributed by atoms with Crippen LogP contribution in [-0.4, -0.2) is 19.6 Å². The second-order valence-electron chi connectivity index (χ2n) is 5.97. The maximum atomic E-state index is 12.2. The van der Waals surface area contributed by atoms with Crippen molar-refractivity contribution in [2.45, 2.75) is 39.7 Å². The van der Waals surface area contributed by atoms with E-state index in [-0.39, 0.29) is 17.9 Å². The number of rotatable bonds is 8. The van der Waals surface area contributed by atoms with Crippen molar-refractivity contribution in [1.82, 2.24) is 5.32 Å². The molecular weight excluding hydrogens is 264 g/mol. The molecule has 3 N–H and O–H groups in total. The van der Waals surface area contributed by atoms with Crippen LogP contribution in [0.2, 0.25) is 0 Å². The standard InChI is InChI=1S/C17H28N2O2/c1-12(2)9-14(11-18)10-17(20)19-13(3)15-7-5-6-8-16(15)21-4/h5-8,12-14H,9-11,18H2,1-4H3,(H,19,20)/t13-,14?/m0/s1. The highest BCUT2D eigenvalue weighted by Gasteiger charge is 2.17. The number of nitrogens with one attached hydrogen (secondary N) is 1. The van der Waals surface area contributed by atoms with Gasteiger partial charge in [-0.1, -0.05) is 32.0 Å². The molecule has 4 nitrogen and oxygen atoms in total. The predicted octanol–water partition coefficient (Wildman–Crippen LogP) is 2.88. The molecule has 0 fully saturated rings. The number of methoxy groups -OCH3 is 1. The van der Waals surface area contributed by atoms with E-state index in [4.69, 9.17) is 10.5 Å². The molecule has 1 amide bonds. The molecule has 0 saturated carbocycles. The largest absolute Gasteiger partial charge is 0.496 e. The molecule has 2 atom stereocenters. The number of carbonyl (C=O) groups excluding carboxylic acids is 1. The van der Waals surface area contributed by atoms with Crippen molar-refractivity contribution in [1.29, 1.82) is 0 Å². The van der Waals surface area contributed by atoms with Crippen LogP contribution in [0.15, 0.2) is 24.3 Å². The van der Waals surface area contributed by atoms with Crippen LogP contribution < -0.4 is 15.8 Å². The Morgan fingerprint density at radius 3 is 2.52 bits per heavy atom. The predicted molar refractivity (Wildman–Crippen MR) is 86.2 cm³/mol. The van der Waals surface area contributed by atoms with Gasteiger partial charge < -0.3 is 15.8 Å². The molecule has 0 spiro atoms. The summed E-state index contributed by atoms with van der Waals surface area (Å²) < 4.78 is 5.33. The Bertz CT molecular complexity index is 446. The van der Waals surface area contributed by atoms with Gasteiger partial charge in [-0.05, 0) is 37.8 Å². The van der Waals surface area contributed by atoms with Crippen molar-refractivity contribution in [2.75, 3.05) is 13.7 Å². The minimum absolute atomic E-state index is 0.0458. The Labute approximate surface area is 128 Å². The van der Waals surface area contributed by atoms with Gasteiger partial charge in [0.2, 0.25) is 5.91 Å². The lowest BCUT2D eigenvalue weighted by molar-refractivity contribution is -0.122. The first-order valence-electron chi connectivity index (χ1n) is 7.60. The summed E-state index contributed by atoms with van der Waals surface area (Å²) in [7, 11) is 1.64. The maximum Gasteiger partial charge on any atom is 0.220 e. The number of carbonyl (C=O) groups is 1. The Hall–Kier alpha value is -1.55.